The minimum absolute atomic E-state index is 0.0214. The fourth-order valence-corrected chi connectivity index (χ4v) is 4.80. The van der Waals surface area contributed by atoms with E-state index in [1.165, 1.54) is 16.0 Å². The van der Waals surface area contributed by atoms with E-state index in [1.54, 1.807) is 30.3 Å². The Morgan fingerprint density at radius 3 is 2.37 bits per heavy atom. The molecular formula is C25H25F2N5O3. The van der Waals surface area contributed by atoms with E-state index in [1.807, 2.05) is 16.8 Å². The highest BCUT2D eigenvalue weighted by Gasteiger charge is 2.36. The third kappa shape index (κ3) is 4.36. The number of pyridine rings is 1. The van der Waals surface area contributed by atoms with Gasteiger partial charge in [-0.3, -0.25) is 14.4 Å². The van der Waals surface area contributed by atoms with Crippen molar-refractivity contribution in [2.24, 2.45) is 5.73 Å². The standard InChI is InChI=1S/C25H25F2N5O3/c26-25(27)8-12-30(13-9-25)23(34)18-14-17-7-11-31(22(17)29-15-18)19-5-3-16(4-6-19)24(35)32-10-1-2-20(32)21(28)33/h3-7,11,14-15,20H,1-2,8-10,12-13H2,(H2,28,33). The van der Waals surface area contributed by atoms with Crippen LogP contribution in [0.5, 0.6) is 0 Å². The van der Waals surface area contributed by atoms with Crippen molar-refractivity contribution in [1.29, 1.82) is 0 Å². The fraction of sp³-hybridized carbons (Fsp3) is 0.360. The van der Waals surface area contributed by atoms with Crippen molar-refractivity contribution in [2.45, 2.75) is 37.6 Å². The molecule has 0 spiro atoms. The van der Waals surface area contributed by atoms with E-state index >= 15 is 0 Å². The highest BCUT2D eigenvalue weighted by Crippen LogP contribution is 2.29. The molecular weight excluding hydrogens is 456 g/mol. The zero-order valence-corrected chi connectivity index (χ0v) is 19.0. The van der Waals surface area contributed by atoms with Crippen LogP contribution in [0.25, 0.3) is 16.7 Å². The zero-order chi connectivity index (χ0) is 24.7. The second kappa shape index (κ2) is 8.75. The number of piperidine rings is 1. The smallest absolute Gasteiger partial charge is 0.255 e. The first-order chi connectivity index (χ1) is 16.7. The minimum atomic E-state index is -2.71. The lowest BCUT2D eigenvalue weighted by atomic mass is 10.1. The van der Waals surface area contributed by atoms with Gasteiger partial charge < -0.3 is 20.1 Å². The lowest BCUT2D eigenvalue weighted by Crippen LogP contribution is -2.43. The van der Waals surface area contributed by atoms with Gasteiger partial charge in [-0.25, -0.2) is 13.8 Å². The molecule has 0 bridgehead atoms. The predicted octanol–water partition coefficient (Wildman–Crippen LogP) is 2.99. The Bertz CT molecular complexity index is 1290. The molecule has 182 valence electrons. The van der Waals surface area contributed by atoms with Crippen LogP contribution in [-0.2, 0) is 4.79 Å². The third-order valence-electron chi connectivity index (χ3n) is 6.79. The maximum atomic E-state index is 13.4. The van der Waals surface area contributed by atoms with Crippen LogP contribution in [0.15, 0.2) is 48.8 Å². The lowest BCUT2D eigenvalue weighted by molar-refractivity contribution is -0.121. The fourth-order valence-electron chi connectivity index (χ4n) is 4.80. The number of amides is 3. The van der Waals surface area contributed by atoms with Crippen LogP contribution in [0.2, 0.25) is 0 Å². The van der Waals surface area contributed by atoms with Crippen LogP contribution in [-0.4, -0.2) is 68.7 Å². The molecule has 35 heavy (non-hydrogen) atoms. The normalized spacial score (nSPS) is 19.8. The van der Waals surface area contributed by atoms with Gasteiger partial charge in [0.05, 0.1) is 5.56 Å². The Hall–Kier alpha value is -3.82. The molecule has 4 heterocycles. The van der Waals surface area contributed by atoms with Gasteiger partial charge in [0.1, 0.15) is 11.7 Å². The second-order valence-electron chi connectivity index (χ2n) is 9.08. The third-order valence-corrected chi connectivity index (χ3v) is 6.79. The molecule has 1 aromatic carbocycles. The van der Waals surface area contributed by atoms with Crippen LogP contribution < -0.4 is 5.73 Å². The number of hydrogen-bond donors (Lipinski definition) is 1. The average Bonchev–Trinajstić information content (AvgIpc) is 3.50. The molecule has 3 aromatic rings. The van der Waals surface area contributed by atoms with Crippen molar-refractivity contribution in [3.05, 3.63) is 59.9 Å². The maximum absolute atomic E-state index is 13.4. The first-order valence-electron chi connectivity index (χ1n) is 11.6. The number of nitrogens with two attached hydrogens (primary N) is 1. The van der Waals surface area contributed by atoms with E-state index < -0.39 is 17.9 Å². The molecule has 2 aliphatic heterocycles. The number of aromatic nitrogens is 2. The molecule has 10 heteroatoms. The molecule has 1 atom stereocenters. The number of carbonyl (C=O) groups is 3. The van der Waals surface area contributed by atoms with Gasteiger partial charge in [-0.1, -0.05) is 0 Å². The monoisotopic (exact) mass is 481 g/mol. The van der Waals surface area contributed by atoms with E-state index in [0.29, 0.717) is 29.7 Å². The van der Waals surface area contributed by atoms with Gasteiger partial charge in [0.15, 0.2) is 0 Å². The molecule has 2 N–H and O–H groups in total. The van der Waals surface area contributed by atoms with Crippen molar-refractivity contribution >= 4 is 28.8 Å². The molecule has 0 aliphatic carbocycles. The second-order valence-corrected chi connectivity index (χ2v) is 9.08. The summed E-state index contributed by atoms with van der Waals surface area (Å²) in [5, 5.41) is 0.736. The highest BCUT2D eigenvalue weighted by atomic mass is 19.3. The minimum Gasteiger partial charge on any atom is -0.368 e. The molecule has 8 nitrogen and oxygen atoms in total. The van der Waals surface area contributed by atoms with Gasteiger partial charge in [0.25, 0.3) is 17.7 Å². The highest BCUT2D eigenvalue weighted by molar-refractivity contribution is 5.98. The van der Waals surface area contributed by atoms with Gasteiger partial charge in [-0.2, -0.15) is 0 Å². The van der Waals surface area contributed by atoms with Gasteiger partial charge >= 0.3 is 0 Å². The summed E-state index contributed by atoms with van der Waals surface area (Å²) in [7, 11) is 0. The van der Waals surface area contributed by atoms with Crippen LogP contribution in [0.4, 0.5) is 8.78 Å². The number of alkyl halides is 2. The summed E-state index contributed by atoms with van der Waals surface area (Å²) in [6.45, 7) is 0.544. The average molecular weight is 482 g/mol. The summed E-state index contributed by atoms with van der Waals surface area (Å²) in [6.07, 6.45) is 3.94. The van der Waals surface area contributed by atoms with E-state index in [4.69, 9.17) is 5.73 Å². The summed E-state index contributed by atoms with van der Waals surface area (Å²) >= 11 is 0. The van der Waals surface area contributed by atoms with Gasteiger partial charge in [0, 0.05) is 61.5 Å². The first-order valence-corrected chi connectivity index (χ1v) is 11.6. The Labute approximate surface area is 200 Å². The Morgan fingerprint density at radius 2 is 1.69 bits per heavy atom. The van der Waals surface area contributed by atoms with Gasteiger partial charge in [-0.15, -0.1) is 0 Å². The van der Waals surface area contributed by atoms with Crippen LogP contribution in [0.3, 0.4) is 0 Å². The number of likely N-dealkylation sites (tertiary alicyclic amines) is 2. The summed E-state index contributed by atoms with van der Waals surface area (Å²) < 4.78 is 28.7. The summed E-state index contributed by atoms with van der Waals surface area (Å²) in [6, 6.07) is 9.94. The van der Waals surface area contributed by atoms with Crippen LogP contribution >= 0.6 is 0 Å². The summed E-state index contributed by atoms with van der Waals surface area (Å²) in [4.78, 5) is 44.7. The van der Waals surface area contributed by atoms with Gasteiger partial charge in [-0.05, 0) is 49.2 Å². The van der Waals surface area contributed by atoms with Crippen molar-refractivity contribution in [3.8, 4) is 5.69 Å². The molecule has 0 radical (unpaired) electrons. The number of rotatable bonds is 4. The Morgan fingerprint density at radius 1 is 0.971 bits per heavy atom. The van der Waals surface area contributed by atoms with E-state index in [2.05, 4.69) is 4.98 Å². The number of primary amides is 1. The summed E-state index contributed by atoms with van der Waals surface area (Å²) in [5.74, 6) is -3.74. The van der Waals surface area contributed by atoms with Gasteiger partial charge in [0.2, 0.25) is 5.91 Å². The Balaban J connectivity index is 1.34. The molecule has 2 aliphatic rings. The number of hydrogen-bond acceptors (Lipinski definition) is 4. The van der Waals surface area contributed by atoms with E-state index in [9.17, 15) is 23.2 Å². The number of carbonyl (C=O) groups excluding carboxylic acids is 3. The Kier molecular flexibility index (Phi) is 5.74. The topological polar surface area (TPSA) is 102 Å². The van der Waals surface area contributed by atoms with Crippen LogP contribution in [0.1, 0.15) is 46.4 Å². The molecule has 5 rings (SSSR count). The lowest BCUT2D eigenvalue weighted by Gasteiger charge is -2.31. The number of halogens is 2. The van der Waals surface area contributed by atoms with Crippen molar-refractivity contribution in [2.75, 3.05) is 19.6 Å². The summed E-state index contributed by atoms with van der Waals surface area (Å²) in [5.41, 5.74) is 7.65. The number of benzene rings is 1. The first kappa shape index (κ1) is 22.9. The molecule has 2 fully saturated rings. The van der Waals surface area contributed by atoms with Crippen LogP contribution in [0, 0.1) is 0 Å². The molecule has 2 aromatic heterocycles. The number of fused-ring (bicyclic) bond motifs is 1. The molecule has 2 saturated heterocycles. The SMILES string of the molecule is NC(=O)C1CCCN1C(=O)c1ccc(-n2ccc3cc(C(=O)N4CCC(F)(F)CC4)cnc32)cc1. The predicted molar refractivity (Wildman–Crippen MR) is 124 cm³/mol. The molecule has 3 amide bonds. The van der Waals surface area contributed by atoms with Crippen molar-refractivity contribution in [3.63, 3.8) is 0 Å². The largest absolute Gasteiger partial charge is 0.368 e. The van der Waals surface area contributed by atoms with Crippen molar-refractivity contribution in [1.82, 2.24) is 19.4 Å². The molecule has 0 saturated carbocycles. The molecule has 1 unspecified atom stereocenters. The zero-order valence-electron chi connectivity index (χ0n) is 19.0. The maximum Gasteiger partial charge on any atom is 0.255 e. The van der Waals surface area contributed by atoms with E-state index in [-0.39, 0.29) is 37.7 Å². The number of nitrogens with zero attached hydrogens (tertiary/aromatic N) is 4. The van der Waals surface area contributed by atoms with E-state index in [0.717, 1.165) is 17.5 Å². The quantitative estimate of drug-likeness (QED) is 0.619. The van der Waals surface area contributed by atoms with Crippen molar-refractivity contribution < 1.29 is 23.2 Å².